The van der Waals surface area contributed by atoms with Crippen LogP contribution in [0, 0.1) is 11.3 Å². The number of esters is 1. The van der Waals surface area contributed by atoms with Crippen LogP contribution in [0.1, 0.15) is 15.9 Å². The van der Waals surface area contributed by atoms with Crippen molar-refractivity contribution in [1.29, 1.82) is 5.26 Å². The minimum Gasteiger partial charge on any atom is -0.465 e. The van der Waals surface area contributed by atoms with Gasteiger partial charge in [-0.1, -0.05) is 30.0 Å². The molecule has 94 valence electrons. The predicted octanol–water partition coefficient (Wildman–Crippen LogP) is 3.50. The molecular weight excluding hydrogens is 258 g/mol. The smallest absolute Gasteiger partial charge is 0.337 e. The van der Waals surface area contributed by atoms with Gasteiger partial charge >= 0.3 is 5.97 Å². The molecule has 0 atom stereocenters. The summed E-state index contributed by atoms with van der Waals surface area (Å²) in [7, 11) is 1.34. The summed E-state index contributed by atoms with van der Waals surface area (Å²) < 4.78 is 4.68. The average molecular weight is 269 g/mol. The molecule has 3 nitrogen and oxygen atoms in total. The number of hydrogen-bond acceptors (Lipinski definition) is 4. The fraction of sp³-hybridized carbons (Fsp3) is 0.0667. The lowest BCUT2D eigenvalue weighted by Crippen LogP contribution is -2.01. The van der Waals surface area contributed by atoms with Gasteiger partial charge in [0.05, 0.1) is 18.2 Å². The third kappa shape index (κ3) is 3.15. The predicted molar refractivity (Wildman–Crippen MR) is 73.1 cm³/mol. The Morgan fingerprint density at radius 2 is 1.95 bits per heavy atom. The highest BCUT2D eigenvalue weighted by molar-refractivity contribution is 7.99. The van der Waals surface area contributed by atoms with Crippen molar-refractivity contribution in [2.24, 2.45) is 0 Å². The molecule has 0 saturated heterocycles. The van der Waals surface area contributed by atoms with Crippen LogP contribution in [0.2, 0.25) is 0 Å². The average Bonchev–Trinajstić information content (AvgIpc) is 2.47. The van der Waals surface area contributed by atoms with Crippen molar-refractivity contribution in [3.63, 3.8) is 0 Å². The van der Waals surface area contributed by atoms with Crippen LogP contribution in [0.3, 0.4) is 0 Å². The zero-order valence-electron chi connectivity index (χ0n) is 10.3. The van der Waals surface area contributed by atoms with Gasteiger partial charge < -0.3 is 4.74 Å². The summed E-state index contributed by atoms with van der Waals surface area (Å²) in [6.45, 7) is 0. The molecule has 0 aromatic heterocycles. The lowest BCUT2D eigenvalue weighted by atomic mass is 10.1. The number of methoxy groups -OCH3 is 1. The van der Waals surface area contributed by atoms with Crippen LogP contribution in [0.5, 0.6) is 0 Å². The Balaban J connectivity index is 2.37. The second-order valence-corrected chi connectivity index (χ2v) is 4.84. The fourth-order valence-corrected chi connectivity index (χ4v) is 2.52. The SMILES string of the molecule is COC(=O)c1ccc(C#N)c(Sc2ccccc2)c1. The highest BCUT2D eigenvalue weighted by Crippen LogP contribution is 2.30. The molecule has 4 heteroatoms. The molecular formula is C15H11NO2S. The van der Waals surface area contributed by atoms with Crippen molar-refractivity contribution in [3.05, 3.63) is 59.7 Å². The maximum atomic E-state index is 11.5. The van der Waals surface area contributed by atoms with Gasteiger partial charge in [-0.05, 0) is 30.3 Å². The summed E-state index contributed by atoms with van der Waals surface area (Å²) in [6.07, 6.45) is 0. The van der Waals surface area contributed by atoms with Crippen LogP contribution in [0.25, 0.3) is 0 Å². The highest BCUT2D eigenvalue weighted by Gasteiger charge is 2.10. The van der Waals surface area contributed by atoms with E-state index < -0.39 is 5.97 Å². The van der Waals surface area contributed by atoms with E-state index in [2.05, 4.69) is 10.8 Å². The number of ether oxygens (including phenoxy) is 1. The zero-order chi connectivity index (χ0) is 13.7. The quantitative estimate of drug-likeness (QED) is 0.800. The van der Waals surface area contributed by atoms with Gasteiger partial charge in [0.1, 0.15) is 6.07 Å². The Hall–Kier alpha value is -2.25. The number of carbonyl (C=O) groups excluding carboxylic acids is 1. The van der Waals surface area contributed by atoms with E-state index in [4.69, 9.17) is 5.26 Å². The molecule has 0 N–H and O–H groups in total. The van der Waals surface area contributed by atoms with Gasteiger partial charge in [0.15, 0.2) is 0 Å². The Morgan fingerprint density at radius 1 is 1.21 bits per heavy atom. The molecule has 0 heterocycles. The monoisotopic (exact) mass is 269 g/mol. The molecule has 0 unspecified atom stereocenters. The molecule has 2 rings (SSSR count). The summed E-state index contributed by atoms with van der Waals surface area (Å²) in [5.74, 6) is -0.403. The van der Waals surface area contributed by atoms with Crippen LogP contribution >= 0.6 is 11.8 Å². The van der Waals surface area contributed by atoms with E-state index in [0.717, 1.165) is 9.79 Å². The first-order valence-corrected chi connectivity index (χ1v) is 6.41. The van der Waals surface area contributed by atoms with E-state index in [1.165, 1.54) is 18.9 Å². The van der Waals surface area contributed by atoms with Gasteiger partial charge in [0, 0.05) is 9.79 Å². The lowest BCUT2D eigenvalue weighted by molar-refractivity contribution is 0.0600. The second-order valence-electron chi connectivity index (χ2n) is 3.73. The molecule has 0 radical (unpaired) electrons. The Kier molecular flexibility index (Phi) is 4.22. The van der Waals surface area contributed by atoms with Crippen LogP contribution in [-0.2, 0) is 4.74 Å². The largest absolute Gasteiger partial charge is 0.465 e. The van der Waals surface area contributed by atoms with Gasteiger partial charge in [-0.3, -0.25) is 0 Å². The minimum atomic E-state index is -0.403. The van der Waals surface area contributed by atoms with Crippen LogP contribution in [0.4, 0.5) is 0 Å². The van der Waals surface area contributed by atoms with Crippen molar-refractivity contribution < 1.29 is 9.53 Å². The van der Waals surface area contributed by atoms with Gasteiger partial charge in [-0.15, -0.1) is 0 Å². The first kappa shape index (κ1) is 13.2. The van der Waals surface area contributed by atoms with Crippen molar-refractivity contribution in [2.75, 3.05) is 7.11 Å². The molecule has 0 spiro atoms. The van der Waals surface area contributed by atoms with Gasteiger partial charge in [-0.2, -0.15) is 5.26 Å². The summed E-state index contributed by atoms with van der Waals surface area (Å²) in [4.78, 5) is 13.3. The van der Waals surface area contributed by atoms with Crippen molar-refractivity contribution in [2.45, 2.75) is 9.79 Å². The summed E-state index contributed by atoms with van der Waals surface area (Å²) in [5.41, 5.74) is 0.987. The molecule has 0 aliphatic carbocycles. The number of nitriles is 1. The second kappa shape index (κ2) is 6.07. The van der Waals surface area contributed by atoms with Crippen LogP contribution in [0.15, 0.2) is 58.3 Å². The number of hydrogen-bond donors (Lipinski definition) is 0. The Morgan fingerprint density at radius 3 is 2.58 bits per heavy atom. The minimum absolute atomic E-state index is 0.403. The van der Waals surface area contributed by atoms with Crippen LogP contribution in [-0.4, -0.2) is 13.1 Å². The molecule has 0 saturated carbocycles. The van der Waals surface area contributed by atoms with Crippen molar-refractivity contribution in [1.82, 2.24) is 0 Å². The van der Waals surface area contributed by atoms with E-state index >= 15 is 0 Å². The number of nitrogens with zero attached hydrogens (tertiary/aromatic N) is 1. The fourth-order valence-electron chi connectivity index (χ4n) is 1.56. The normalized spacial score (nSPS) is 9.68. The van der Waals surface area contributed by atoms with E-state index in [9.17, 15) is 4.79 Å². The van der Waals surface area contributed by atoms with E-state index in [1.54, 1.807) is 18.2 Å². The van der Waals surface area contributed by atoms with Crippen molar-refractivity contribution in [3.8, 4) is 6.07 Å². The van der Waals surface area contributed by atoms with Gasteiger partial charge in [0.25, 0.3) is 0 Å². The summed E-state index contributed by atoms with van der Waals surface area (Å²) >= 11 is 1.45. The third-order valence-electron chi connectivity index (χ3n) is 2.49. The van der Waals surface area contributed by atoms with E-state index in [0.29, 0.717) is 11.1 Å². The van der Waals surface area contributed by atoms with Gasteiger partial charge in [0.2, 0.25) is 0 Å². The Labute approximate surface area is 115 Å². The molecule has 0 aliphatic rings. The van der Waals surface area contributed by atoms with Crippen molar-refractivity contribution >= 4 is 17.7 Å². The Bertz CT molecular complexity index is 632. The highest BCUT2D eigenvalue weighted by atomic mass is 32.2. The third-order valence-corrected chi connectivity index (χ3v) is 3.56. The molecule has 2 aromatic rings. The molecule has 19 heavy (non-hydrogen) atoms. The summed E-state index contributed by atoms with van der Waals surface area (Å²) in [6, 6.07) is 16.7. The number of carbonyl (C=O) groups is 1. The molecule has 0 fully saturated rings. The zero-order valence-corrected chi connectivity index (χ0v) is 11.1. The topological polar surface area (TPSA) is 50.1 Å². The molecule has 0 aliphatic heterocycles. The van der Waals surface area contributed by atoms with E-state index in [-0.39, 0.29) is 0 Å². The maximum Gasteiger partial charge on any atom is 0.337 e. The maximum absolute atomic E-state index is 11.5. The number of rotatable bonds is 3. The van der Waals surface area contributed by atoms with Gasteiger partial charge in [-0.25, -0.2) is 4.79 Å². The first-order chi connectivity index (χ1) is 9.24. The molecule has 0 bridgehead atoms. The first-order valence-electron chi connectivity index (χ1n) is 5.60. The standard InChI is InChI=1S/C15H11NO2S/c1-18-15(17)11-7-8-12(10-16)14(9-11)19-13-5-3-2-4-6-13/h2-9H,1H3. The molecule has 0 amide bonds. The summed E-state index contributed by atoms with van der Waals surface area (Å²) in [5, 5.41) is 9.10. The van der Waals surface area contributed by atoms with Crippen LogP contribution < -0.4 is 0 Å². The number of benzene rings is 2. The van der Waals surface area contributed by atoms with E-state index in [1.807, 2.05) is 30.3 Å². The lowest BCUT2D eigenvalue weighted by Gasteiger charge is -2.06. The molecule has 2 aromatic carbocycles.